The van der Waals surface area contributed by atoms with E-state index in [1.807, 2.05) is 0 Å². The number of nitrogens with one attached hydrogen (secondary N) is 1. The number of rotatable bonds is 6. The Labute approximate surface area is 157 Å². The Morgan fingerprint density at radius 2 is 2.04 bits per heavy atom. The maximum Gasteiger partial charge on any atom is 0.278 e. The molecule has 0 fully saturated rings. The van der Waals surface area contributed by atoms with Gasteiger partial charge < -0.3 is 24.5 Å². The van der Waals surface area contributed by atoms with Crippen molar-refractivity contribution >= 4 is 5.82 Å². The molecule has 8 nitrogen and oxygen atoms in total. The van der Waals surface area contributed by atoms with Gasteiger partial charge >= 0.3 is 0 Å². The molecule has 0 unspecified atom stereocenters. The Bertz CT molecular complexity index is 845. The van der Waals surface area contributed by atoms with Gasteiger partial charge in [0.25, 0.3) is 5.82 Å². The second kappa shape index (κ2) is 7.80. The minimum absolute atomic E-state index is 0.0752. The molecular formula is C19H21N3O5. The largest absolute Gasteiger partial charge is 0.711 e. The topological polar surface area (TPSA) is 111 Å². The van der Waals surface area contributed by atoms with Gasteiger partial charge in [-0.15, -0.1) is 0 Å². The summed E-state index contributed by atoms with van der Waals surface area (Å²) >= 11 is 0. The van der Waals surface area contributed by atoms with Gasteiger partial charge in [0.15, 0.2) is 11.6 Å². The molecule has 27 heavy (non-hydrogen) atoms. The molecule has 2 aromatic rings. The molecule has 0 saturated carbocycles. The number of aliphatic hydroxyl groups is 1. The lowest BCUT2D eigenvalue weighted by Crippen LogP contribution is -2.60. The molecule has 2 heterocycles. The van der Waals surface area contributed by atoms with E-state index in [0.717, 1.165) is 0 Å². The predicted molar refractivity (Wildman–Crippen MR) is 96.0 cm³/mol. The lowest BCUT2D eigenvalue weighted by molar-refractivity contribution is -0.590. The average molecular weight is 371 g/mol. The summed E-state index contributed by atoms with van der Waals surface area (Å²) in [5.41, 5.74) is -0.177. The van der Waals surface area contributed by atoms with Crippen LogP contribution < -0.4 is 14.8 Å². The second-order valence-electron chi connectivity index (χ2n) is 6.38. The highest BCUT2D eigenvalue weighted by Gasteiger charge is 2.52. The third-order valence-electron chi connectivity index (χ3n) is 4.55. The lowest BCUT2D eigenvalue weighted by Gasteiger charge is -2.44. The van der Waals surface area contributed by atoms with E-state index >= 15 is 0 Å². The van der Waals surface area contributed by atoms with E-state index in [0.29, 0.717) is 21.6 Å². The smallest absolute Gasteiger partial charge is 0.278 e. The van der Waals surface area contributed by atoms with Gasteiger partial charge in [-0.25, -0.2) is 4.73 Å². The third-order valence-corrected chi connectivity index (χ3v) is 4.55. The molecule has 2 atom stereocenters. The summed E-state index contributed by atoms with van der Waals surface area (Å²) in [5.74, 6) is 0.750. The molecule has 1 aromatic carbocycles. The Hall–Kier alpha value is -2.86. The zero-order valence-corrected chi connectivity index (χ0v) is 15.1. The average Bonchev–Trinajstić information content (AvgIpc) is 2.67. The van der Waals surface area contributed by atoms with E-state index in [4.69, 9.17) is 14.2 Å². The molecule has 0 radical (unpaired) electrons. The number of benzene rings is 1. The summed E-state index contributed by atoms with van der Waals surface area (Å²) in [7, 11) is 3.01. The van der Waals surface area contributed by atoms with E-state index in [-0.39, 0.29) is 19.0 Å². The highest BCUT2D eigenvalue weighted by molar-refractivity contribution is 5.50. The Morgan fingerprint density at radius 3 is 2.67 bits per heavy atom. The van der Waals surface area contributed by atoms with Crippen molar-refractivity contribution in [1.82, 2.24) is 0 Å². The molecule has 1 aliphatic rings. The van der Waals surface area contributed by atoms with Gasteiger partial charge in [0.2, 0.25) is 0 Å². The van der Waals surface area contributed by atoms with Crippen LogP contribution in [0.15, 0.2) is 42.6 Å². The van der Waals surface area contributed by atoms with Crippen molar-refractivity contribution in [3.05, 3.63) is 58.9 Å². The minimum atomic E-state index is -1.18. The van der Waals surface area contributed by atoms with Gasteiger partial charge in [-0.05, 0) is 24.3 Å². The molecule has 0 spiro atoms. The highest BCUT2D eigenvalue weighted by atomic mass is 16.6. The number of aromatic nitrogens is 1. The molecule has 1 aromatic heterocycles. The van der Waals surface area contributed by atoms with Crippen LogP contribution >= 0.6 is 0 Å². The fraction of sp³-hybridized carbons (Fsp3) is 0.368. The number of fused-ring (bicyclic) bond motifs is 1. The standard InChI is InChI=1S/C19H21N3O5/c1-25-11-19(12-26-2)18(23)17(21-16-5-3-4-8-22(16)24)14-9-13(10-20)6-7-15(14)27-19/h3-9,17-18,21,23H,11-12H2,1-2H3/t17-,18+/m1/s1. The Morgan fingerprint density at radius 1 is 1.30 bits per heavy atom. The van der Waals surface area contributed by atoms with Gasteiger partial charge in [-0.3, -0.25) is 5.32 Å². The zero-order valence-electron chi connectivity index (χ0n) is 15.1. The Balaban J connectivity index is 2.10. The van der Waals surface area contributed by atoms with Crippen molar-refractivity contribution < 1.29 is 24.0 Å². The van der Waals surface area contributed by atoms with Gasteiger partial charge in [0.1, 0.15) is 11.9 Å². The summed E-state index contributed by atoms with van der Waals surface area (Å²) < 4.78 is 17.3. The van der Waals surface area contributed by atoms with E-state index in [9.17, 15) is 15.6 Å². The number of nitriles is 1. The van der Waals surface area contributed by atoms with Crippen molar-refractivity contribution in [3.63, 3.8) is 0 Å². The SMILES string of the molecule is COCC1(COC)Oc2ccc(C#N)cc2[C@@H](Nc2cccc[n+]2[O-])[C@@H]1O. The third kappa shape index (κ3) is 3.53. The van der Waals surface area contributed by atoms with Crippen molar-refractivity contribution in [1.29, 1.82) is 5.26 Å². The number of nitrogens with zero attached hydrogens (tertiary/aromatic N) is 2. The number of ether oxygens (including phenoxy) is 3. The molecule has 142 valence electrons. The lowest BCUT2D eigenvalue weighted by atomic mass is 9.84. The monoisotopic (exact) mass is 371 g/mol. The molecule has 3 rings (SSSR count). The zero-order chi connectivity index (χ0) is 19.4. The van der Waals surface area contributed by atoms with Crippen molar-refractivity contribution in [2.75, 3.05) is 32.8 Å². The highest BCUT2D eigenvalue weighted by Crippen LogP contribution is 2.42. The fourth-order valence-corrected chi connectivity index (χ4v) is 3.32. The van der Waals surface area contributed by atoms with Crippen LogP contribution in [0.5, 0.6) is 5.75 Å². The van der Waals surface area contributed by atoms with Gasteiger partial charge in [0.05, 0.1) is 31.0 Å². The van der Waals surface area contributed by atoms with E-state index in [1.54, 1.807) is 36.4 Å². The normalized spacial score (nSPS) is 20.2. The first kappa shape index (κ1) is 18.9. The van der Waals surface area contributed by atoms with Crippen LogP contribution in [-0.2, 0) is 9.47 Å². The molecule has 0 aliphatic carbocycles. The summed E-state index contributed by atoms with van der Waals surface area (Å²) in [5, 5.41) is 35.6. The maximum absolute atomic E-state index is 12.1. The van der Waals surface area contributed by atoms with Crippen LogP contribution in [0.25, 0.3) is 0 Å². The number of pyridine rings is 1. The summed E-state index contributed by atoms with van der Waals surface area (Å²) in [6, 6.07) is 11.2. The van der Waals surface area contributed by atoms with Crippen LogP contribution in [0, 0.1) is 16.5 Å². The van der Waals surface area contributed by atoms with Crippen molar-refractivity contribution in [2.24, 2.45) is 0 Å². The maximum atomic E-state index is 12.1. The number of anilines is 1. The quantitative estimate of drug-likeness (QED) is 0.578. The molecule has 0 amide bonds. The van der Waals surface area contributed by atoms with Crippen LogP contribution in [0.1, 0.15) is 17.2 Å². The molecule has 2 N–H and O–H groups in total. The van der Waals surface area contributed by atoms with Crippen LogP contribution in [0.3, 0.4) is 0 Å². The molecular weight excluding hydrogens is 350 g/mol. The van der Waals surface area contributed by atoms with Crippen LogP contribution in [0.2, 0.25) is 0 Å². The molecule has 1 aliphatic heterocycles. The summed E-state index contributed by atoms with van der Waals surface area (Å²) in [4.78, 5) is 0. The van der Waals surface area contributed by atoms with Gasteiger partial charge in [0, 0.05) is 25.8 Å². The second-order valence-corrected chi connectivity index (χ2v) is 6.38. The van der Waals surface area contributed by atoms with Crippen molar-refractivity contribution in [3.8, 4) is 11.8 Å². The fourth-order valence-electron chi connectivity index (χ4n) is 3.32. The number of hydrogen-bond acceptors (Lipinski definition) is 7. The predicted octanol–water partition coefficient (Wildman–Crippen LogP) is 1.13. The number of methoxy groups -OCH3 is 2. The summed E-state index contributed by atoms with van der Waals surface area (Å²) in [6.07, 6.45) is 0.247. The number of hydrogen-bond donors (Lipinski definition) is 2. The molecule has 8 heteroatoms. The van der Waals surface area contributed by atoms with Gasteiger partial charge in [-0.2, -0.15) is 5.26 Å². The van der Waals surface area contributed by atoms with Crippen LogP contribution in [-0.4, -0.2) is 44.2 Å². The van der Waals surface area contributed by atoms with Crippen molar-refractivity contribution in [2.45, 2.75) is 17.7 Å². The first-order chi connectivity index (χ1) is 13.0. The van der Waals surface area contributed by atoms with Crippen LogP contribution in [0.4, 0.5) is 5.82 Å². The minimum Gasteiger partial charge on any atom is -0.711 e. The number of aliphatic hydroxyl groups excluding tert-OH is 1. The van der Waals surface area contributed by atoms with E-state index in [1.165, 1.54) is 20.4 Å². The molecule has 0 saturated heterocycles. The first-order valence-corrected chi connectivity index (χ1v) is 8.38. The first-order valence-electron chi connectivity index (χ1n) is 8.38. The van der Waals surface area contributed by atoms with E-state index < -0.39 is 17.7 Å². The van der Waals surface area contributed by atoms with E-state index in [2.05, 4.69) is 11.4 Å². The molecule has 0 bridgehead atoms. The van der Waals surface area contributed by atoms with Gasteiger partial charge in [-0.1, -0.05) is 6.07 Å². The summed E-state index contributed by atoms with van der Waals surface area (Å²) in [6.45, 7) is 0.150. The Kier molecular flexibility index (Phi) is 5.46.